The molecule has 1 unspecified atom stereocenters. The van der Waals surface area contributed by atoms with Gasteiger partial charge in [-0.2, -0.15) is 0 Å². The third-order valence-corrected chi connectivity index (χ3v) is 8.94. The summed E-state index contributed by atoms with van der Waals surface area (Å²) >= 11 is 5.87. The molecule has 1 atom stereocenters. The molecule has 3 aromatic carbocycles. The maximum atomic E-state index is 13.2. The number of ether oxygens (including phenoxy) is 2. The van der Waals surface area contributed by atoms with Crippen LogP contribution in [0, 0.1) is 20.8 Å². The van der Waals surface area contributed by atoms with Gasteiger partial charge in [-0.3, -0.25) is 4.79 Å². The lowest BCUT2D eigenvalue weighted by atomic mass is 9.87. The van der Waals surface area contributed by atoms with Crippen molar-refractivity contribution in [3.63, 3.8) is 0 Å². The van der Waals surface area contributed by atoms with Gasteiger partial charge in [-0.1, -0.05) is 35.9 Å². The van der Waals surface area contributed by atoms with Crippen LogP contribution in [0.1, 0.15) is 41.3 Å². The molecule has 2 heterocycles. The summed E-state index contributed by atoms with van der Waals surface area (Å²) in [6.07, 6.45) is 0.828. The van der Waals surface area contributed by atoms with Crippen LogP contribution in [0.25, 0.3) is 10.9 Å². The van der Waals surface area contributed by atoms with E-state index in [2.05, 4.69) is 4.72 Å². The molecule has 0 spiro atoms. The Labute approximate surface area is 233 Å². The Hall–Kier alpha value is -3.62. The van der Waals surface area contributed by atoms with Crippen LogP contribution in [0.15, 0.2) is 65.6 Å². The van der Waals surface area contributed by atoms with E-state index in [1.165, 1.54) is 24.3 Å². The minimum atomic E-state index is -4.09. The first-order chi connectivity index (χ1) is 18.5. The predicted molar refractivity (Wildman–Crippen MR) is 151 cm³/mol. The molecule has 202 valence electrons. The van der Waals surface area contributed by atoms with Crippen molar-refractivity contribution < 1.29 is 22.7 Å². The Morgan fingerprint density at radius 1 is 1.03 bits per heavy atom. The number of hydrogen-bond acceptors (Lipinski definition) is 6. The van der Waals surface area contributed by atoms with E-state index in [0.717, 1.165) is 44.6 Å². The first kappa shape index (κ1) is 27.0. The number of rotatable bonds is 6. The fraction of sp³-hybridized carbons (Fsp3) is 0.267. The molecule has 7 nitrogen and oxygen atoms in total. The largest absolute Gasteiger partial charge is 0.487 e. The number of sulfonamides is 1. The highest BCUT2D eigenvalue weighted by atomic mass is 35.5. The third kappa shape index (κ3) is 5.18. The first-order valence-electron chi connectivity index (χ1n) is 12.6. The normalized spacial score (nSPS) is 16.8. The summed E-state index contributed by atoms with van der Waals surface area (Å²) in [6.45, 7) is 7.78. The Bertz CT molecular complexity index is 1700. The number of fused-ring (bicyclic) bond motifs is 2. The van der Waals surface area contributed by atoms with E-state index in [1.54, 1.807) is 6.92 Å². The molecule has 0 bridgehead atoms. The van der Waals surface area contributed by atoms with E-state index >= 15 is 0 Å². The molecule has 0 saturated carbocycles. The summed E-state index contributed by atoms with van der Waals surface area (Å²) in [5, 5.41) is 1.47. The van der Waals surface area contributed by atoms with Gasteiger partial charge in [0.1, 0.15) is 18.1 Å². The van der Waals surface area contributed by atoms with Crippen molar-refractivity contribution in [3.05, 3.63) is 93.6 Å². The topological polar surface area (TPSA) is 94.6 Å². The average Bonchev–Trinajstić information content (AvgIpc) is 2.91. The quantitative estimate of drug-likeness (QED) is 0.309. The fourth-order valence-electron chi connectivity index (χ4n) is 4.85. The van der Waals surface area contributed by atoms with Crippen molar-refractivity contribution >= 4 is 38.4 Å². The van der Waals surface area contributed by atoms with Gasteiger partial charge in [-0.25, -0.2) is 18.1 Å². The van der Waals surface area contributed by atoms with Crippen LogP contribution in [-0.2, 0) is 27.8 Å². The van der Waals surface area contributed by atoms with E-state index in [-0.39, 0.29) is 4.90 Å². The Balaban J connectivity index is 1.37. The Morgan fingerprint density at radius 2 is 1.74 bits per heavy atom. The van der Waals surface area contributed by atoms with Crippen molar-refractivity contribution in [2.24, 2.45) is 0 Å². The van der Waals surface area contributed by atoms with E-state index in [9.17, 15) is 13.2 Å². The first-order valence-corrected chi connectivity index (χ1v) is 14.5. The molecule has 0 radical (unpaired) electrons. The minimum absolute atomic E-state index is 0.0503. The van der Waals surface area contributed by atoms with Crippen LogP contribution in [0.3, 0.4) is 0 Å². The molecule has 1 aliphatic rings. The summed E-state index contributed by atoms with van der Waals surface area (Å²) in [4.78, 5) is 17.9. The Kier molecular flexibility index (Phi) is 7.03. The number of para-hydroxylation sites is 1. The number of nitrogens with one attached hydrogen (secondary N) is 1. The van der Waals surface area contributed by atoms with E-state index in [0.29, 0.717) is 30.2 Å². The molecule has 1 aliphatic heterocycles. The molecule has 39 heavy (non-hydrogen) atoms. The molecular weight excluding hydrogens is 536 g/mol. The lowest BCUT2D eigenvalue weighted by molar-refractivity contribution is -0.134. The van der Waals surface area contributed by atoms with Gasteiger partial charge >= 0.3 is 0 Å². The summed E-state index contributed by atoms with van der Waals surface area (Å²) in [6, 6.07) is 17.6. The zero-order valence-electron chi connectivity index (χ0n) is 22.2. The second kappa shape index (κ2) is 10.2. The number of carbonyl (C=O) groups is 1. The highest BCUT2D eigenvalue weighted by Crippen LogP contribution is 2.44. The number of hydrogen-bond donors (Lipinski definition) is 1. The van der Waals surface area contributed by atoms with E-state index in [4.69, 9.17) is 26.1 Å². The molecule has 0 fully saturated rings. The third-order valence-electron chi connectivity index (χ3n) is 7.34. The highest BCUT2D eigenvalue weighted by Gasteiger charge is 2.42. The van der Waals surface area contributed by atoms with Gasteiger partial charge in [-0.15, -0.1) is 0 Å². The molecule has 5 rings (SSSR count). The maximum Gasteiger partial charge on any atom is 0.277 e. The molecule has 1 N–H and O–H groups in total. The van der Waals surface area contributed by atoms with Crippen LogP contribution in [0.4, 0.5) is 0 Å². The minimum Gasteiger partial charge on any atom is -0.487 e. The van der Waals surface area contributed by atoms with Crippen molar-refractivity contribution in [2.45, 2.75) is 57.6 Å². The summed E-state index contributed by atoms with van der Waals surface area (Å²) < 4.78 is 40.4. The smallest absolute Gasteiger partial charge is 0.277 e. The summed E-state index contributed by atoms with van der Waals surface area (Å²) in [5.41, 5.74) is 3.99. The molecule has 1 amide bonds. The summed E-state index contributed by atoms with van der Waals surface area (Å²) in [7, 11) is -4.09. The second-order valence-corrected chi connectivity index (χ2v) is 12.1. The summed E-state index contributed by atoms with van der Waals surface area (Å²) in [5.74, 6) is 0.637. The molecule has 4 aromatic rings. The van der Waals surface area contributed by atoms with Crippen LogP contribution in [0.5, 0.6) is 11.5 Å². The van der Waals surface area contributed by atoms with Crippen molar-refractivity contribution in [3.8, 4) is 11.5 Å². The maximum absolute atomic E-state index is 13.2. The molecule has 9 heteroatoms. The standard InChI is InChI=1S/C30H29ClN2O5S/c1-18-19(2)28-25(20(3)27(18)37-17-23-12-9-21-7-5-6-8-26(21)32-23)15-16-30(4,38-28)29(34)33-39(35,36)24-13-10-22(31)11-14-24/h5-14H,15-17H2,1-4H3,(H,33,34). The number of carbonyl (C=O) groups excluding carboxylic acids is 1. The van der Waals surface area contributed by atoms with Gasteiger partial charge in [0, 0.05) is 22.4 Å². The van der Waals surface area contributed by atoms with Gasteiger partial charge in [-0.05, 0) is 87.2 Å². The van der Waals surface area contributed by atoms with Crippen LogP contribution < -0.4 is 14.2 Å². The number of aromatic nitrogens is 1. The van der Waals surface area contributed by atoms with Crippen molar-refractivity contribution in [2.75, 3.05) is 0 Å². The number of nitrogens with zero attached hydrogens (tertiary/aromatic N) is 1. The van der Waals surface area contributed by atoms with Crippen molar-refractivity contribution in [1.29, 1.82) is 0 Å². The molecular formula is C30H29ClN2O5S. The average molecular weight is 565 g/mol. The van der Waals surface area contributed by atoms with E-state index in [1.807, 2.05) is 57.2 Å². The lowest BCUT2D eigenvalue weighted by Gasteiger charge is -2.36. The number of benzene rings is 3. The van der Waals surface area contributed by atoms with Crippen LogP contribution in [-0.4, -0.2) is 24.9 Å². The molecule has 0 saturated heterocycles. The van der Waals surface area contributed by atoms with E-state index < -0.39 is 21.5 Å². The number of halogens is 1. The SMILES string of the molecule is Cc1c(C)c2c(c(C)c1OCc1ccc3ccccc3n1)CCC(C)(C(=O)NS(=O)(=O)c1ccc(Cl)cc1)O2. The number of amides is 1. The van der Waals surface area contributed by atoms with Gasteiger partial charge < -0.3 is 9.47 Å². The lowest BCUT2D eigenvalue weighted by Crippen LogP contribution is -2.52. The van der Waals surface area contributed by atoms with Crippen molar-refractivity contribution in [1.82, 2.24) is 9.71 Å². The highest BCUT2D eigenvalue weighted by molar-refractivity contribution is 7.90. The fourth-order valence-corrected chi connectivity index (χ4v) is 6.05. The molecule has 0 aliphatic carbocycles. The van der Waals surface area contributed by atoms with Gasteiger partial charge in [0.25, 0.3) is 15.9 Å². The zero-order valence-corrected chi connectivity index (χ0v) is 23.7. The molecule has 1 aromatic heterocycles. The monoisotopic (exact) mass is 564 g/mol. The second-order valence-electron chi connectivity index (χ2n) is 10.0. The van der Waals surface area contributed by atoms with Crippen LogP contribution in [0.2, 0.25) is 5.02 Å². The van der Waals surface area contributed by atoms with Gasteiger partial charge in [0.2, 0.25) is 0 Å². The predicted octanol–water partition coefficient (Wildman–Crippen LogP) is 5.98. The number of pyridine rings is 1. The van der Waals surface area contributed by atoms with Gasteiger partial charge in [0.15, 0.2) is 5.60 Å². The Morgan fingerprint density at radius 3 is 2.49 bits per heavy atom. The van der Waals surface area contributed by atoms with Crippen LogP contribution >= 0.6 is 11.6 Å². The zero-order chi connectivity index (χ0) is 27.9. The van der Waals surface area contributed by atoms with Gasteiger partial charge in [0.05, 0.1) is 16.1 Å².